The summed E-state index contributed by atoms with van der Waals surface area (Å²) in [6, 6.07) is 17.8. The van der Waals surface area contributed by atoms with E-state index in [0.29, 0.717) is 13.2 Å². The average Bonchev–Trinajstić information content (AvgIpc) is 3.04. The Bertz CT molecular complexity index is 857. The Kier molecular flexibility index (Phi) is 5.92. The van der Waals surface area contributed by atoms with Gasteiger partial charge in [-0.1, -0.05) is 36.4 Å². The smallest absolute Gasteiger partial charge is 0.326 e. The Hall–Kier alpha value is -2.79. The first-order chi connectivity index (χ1) is 12.7. The molecule has 0 amide bonds. The molecule has 0 aliphatic carbocycles. The van der Waals surface area contributed by atoms with Gasteiger partial charge in [-0.2, -0.15) is 0 Å². The van der Waals surface area contributed by atoms with Crippen LogP contribution in [0, 0.1) is 0 Å². The number of carbonyl (C=O) groups excluding carboxylic acids is 1. The molecular formula is C21H23NO4. The number of methoxy groups -OCH3 is 1. The topological polar surface area (TPSA) is 49.7 Å². The number of carbonyl (C=O) groups is 1. The molecular weight excluding hydrogens is 330 g/mol. The van der Waals surface area contributed by atoms with Gasteiger partial charge in [-0.3, -0.25) is 4.79 Å². The summed E-state index contributed by atoms with van der Waals surface area (Å²) < 4.78 is 18.2. The molecule has 136 valence electrons. The molecule has 1 atom stereocenters. The van der Waals surface area contributed by atoms with Gasteiger partial charge in [0.2, 0.25) is 0 Å². The molecule has 5 nitrogen and oxygen atoms in total. The van der Waals surface area contributed by atoms with Gasteiger partial charge in [-0.25, -0.2) is 0 Å². The Morgan fingerprint density at radius 1 is 1.08 bits per heavy atom. The standard InChI is InChI=1S/C21H23NO4/c1-16(14-24-2)26-21(23)13-22-12-11-18-19(22)9-6-10-20(18)25-15-17-7-4-3-5-8-17/h3-12,16H,13-15H2,1-2H3. The van der Waals surface area contributed by atoms with E-state index in [1.54, 1.807) is 7.11 Å². The third-order valence-corrected chi connectivity index (χ3v) is 4.04. The van der Waals surface area contributed by atoms with Gasteiger partial charge in [0.25, 0.3) is 0 Å². The maximum absolute atomic E-state index is 12.1. The first-order valence-electron chi connectivity index (χ1n) is 8.60. The van der Waals surface area contributed by atoms with E-state index >= 15 is 0 Å². The lowest BCUT2D eigenvalue weighted by Gasteiger charge is -2.13. The lowest BCUT2D eigenvalue weighted by Crippen LogP contribution is -2.22. The van der Waals surface area contributed by atoms with Gasteiger partial charge in [0, 0.05) is 18.7 Å². The minimum absolute atomic E-state index is 0.152. The van der Waals surface area contributed by atoms with E-state index in [1.165, 1.54) is 0 Å². The second-order valence-electron chi connectivity index (χ2n) is 6.16. The van der Waals surface area contributed by atoms with Crippen LogP contribution in [0.25, 0.3) is 10.9 Å². The minimum Gasteiger partial charge on any atom is -0.488 e. The van der Waals surface area contributed by atoms with Crippen LogP contribution in [0.1, 0.15) is 12.5 Å². The predicted molar refractivity (Wildman–Crippen MR) is 100 cm³/mol. The number of rotatable bonds is 8. The molecule has 0 spiro atoms. The Morgan fingerprint density at radius 3 is 2.65 bits per heavy atom. The summed E-state index contributed by atoms with van der Waals surface area (Å²) in [6.45, 7) is 2.85. The first kappa shape index (κ1) is 18.0. The highest BCUT2D eigenvalue weighted by atomic mass is 16.6. The van der Waals surface area contributed by atoms with Crippen molar-refractivity contribution in [3.63, 3.8) is 0 Å². The molecule has 0 radical (unpaired) electrons. The molecule has 2 aromatic carbocycles. The van der Waals surface area contributed by atoms with Crippen molar-refractivity contribution in [2.24, 2.45) is 0 Å². The maximum atomic E-state index is 12.1. The molecule has 1 heterocycles. The van der Waals surface area contributed by atoms with Gasteiger partial charge in [0.15, 0.2) is 0 Å². The number of nitrogens with zero attached hydrogens (tertiary/aromatic N) is 1. The summed E-state index contributed by atoms with van der Waals surface area (Å²) in [5.41, 5.74) is 2.05. The quantitative estimate of drug-likeness (QED) is 0.578. The predicted octanol–water partition coefficient (Wildman–Crippen LogP) is 3.80. The van der Waals surface area contributed by atoms with Crippen molar-refractivity contribution in [1.29, 1.82) is 0 Å². The van der Waals surface area contributed by atoms with E-state index in [2.05, 4.69) is 0 Å². The van der Waals surface area contributed by atoms with Crippen molar-refractivity contribution in [2.45, 2.75) is 26.2 Å². The average molecular weight is 353 g/mol. The van der Waals surface area contributed by atoms with Crippen molar-refractivity contribution in [3.8, 4) is 5.75 Å². The van der Waals surface area contributed by atoms with Crippen LogP contribution in [-0.4, -0.2) is 30.4 Å². The molecule has 0 saturated heterocycles. The molecule has 0 saturated carbocycles. The summed E-state index contributed by atoms with van der Waals surface area (Å²) in [4.78, 5) is 12.1. The summed E-state index contributed by atoms with van der Waals surface area (Å²) in [5, 5.41) is 0.973. The highest BCUT2D eigenvalue weighted by Crippen LogP contribution is 2.27. The zero-order valence-corrected chi connectivity index (χ0v) is 15.1. The zero-order valence-electron chi connectivity index (χ0n) is 15.1. The van der Waals surface area contributed by atoms with Crippen molar-refractivity contribution in [1.82, 2.24) is 4.57 Å². The number of ether oxygens (including phenoxy) is 3. The van der Waals surface area contributed by atoms with Gasteiger partial charge >= 0.3 is 5.97 Å². The molecule has 3 aromatic rings. The van der Waals surface area contributed by atoms with Crippen LogP contribution >= 0.6 is 0 Å². The molecule has 26 heavy (non-hydrogen) atoms. The van der Waals surface area contributed by atoms with E-state index < -0.39 is 0 Å². The third-order valence-electron chi connectivity index (χ3n) is 4.04. The number of benzene rings is 2. The molecule has 1 aromatic heterocycles. The molecule has 5 heteroatoms. The fraction of sp³-hybridized carbons (Fsp3) is 0.286. The Balaban J connectivity index is 1.71. The van der Waals surface area contributed by atoms with Crippen molar-refractivity contribution < 1.29 is 19.0 Å². The van der Waals surface area contributed by atoms with Crippen LogP contribution in [0.5, 0.6) is 5.75 Å². The number of esters is 1. The number of aromatic nitrogens is 1. The zero-order chi connectivity index (χ0) is 18.4. The normalized spacial score (nSPS) is 12.1. The molecule has 0 aliphatic heterocycles. The van der Waals surface area contributed by atoms with Crippen molar-refractivity contribution >= 4 is 16.9 Å². The monoisotopic (exact) mass is 353 g/mol. The summed E-state index contributed by atoms with van der Waals surface area (Å²) >= 11 is 0. The van der Waals surface area contributed by atoms with E-state index in [4.69, 9.17) is 14.2 Å². The maximum Gasteiger partial charge on any atom is 0.326 e. The van der Waals surface area contributed by atoms with E-state index in [9.17, 15) is 4.79 Å². The lowest BCUT2D eigenvalue weighted by molar-refractivity contribution is -0.151. The highest BCUT2D eigenvalue weighted by molar-refractivity contribution is 5.87. The highest BCUT2D eigenvalue weighted by Gasteiger charge is 2.13. The van der Waals surface area contributed by atoms with Crippen LogP contribution < -0.4 is 4.74 Å². The molecule has 0 N–H and O–H groups in total. The molecule has 0 aliphatic rings. The van der Waals surface area contributed by atoms with E-state index in [1.807, 2.05) is 72.3 Å². The summed E-state index contributed by atoms with van der Waals surface area (Å²) in [6.07, 6.45) is 1.61. The first-order valence-corrected chi connectivity index (χ1v) is 8.60. The fourth-order valence-electron chi connectivity index (χ4n) is 2.86. The van der Waals surface area contributed by atoms with Crippen LogP contribution in [0.4, 0.5) is 0 Å². The second kappa shape index (κ2) is 8.54. The van der Waals surface area contributed by atoms with E-state index in [-0.39, 0.29) is 18.6 Å². The SMILES string of the molecule is COCC(C)OC(=O)Cn1ccc2c(OCc3ccccc3)cccc21. The van der Waals surface area contributed by atoms with Gasteiger partial charge in [0.05, 0.1) is 12.1 Å². The van der Waals surface area contributed by atoms with E-state index in [0.717, 1.165) is 22.2 Å². The van der Waals surface area contributed by atoms with Gasteiger partial charge in [-0.05, 0) is 30.7 Å². The number of hydrogen-bond donors (Lipinski definition) is 0. The summed E-state index contributed by atoms with van der Waals surface area (Å²) in [7, 11) is 1.58. The molecule has 0 fully saturated rings. The lowest BCUT2D eigenvalue weighted by atomic mass is 10.2. The minimum atomic E-state index is -0.289. The Morgan fingerprint density at radius 2 is 1.88 bits per heavy atom. The van der Waals surface area contributed by atoms with Crippen LogP contribution in [0.3, 0.4) is 0 Å². The van der Waals surface area contributed by atoms with Crippen LogP contribution in [0.2, 0.25) is 0 Å². The van der Waals surface area contributed by atoms with Crippen LogP contribution in [-0.2, 0) is 27.4 Å². The number of fused-ring (bicyclic) bond motifs is 1. The Labute approximate surface area is 153 Å². The van der Waals surface area contributed by atoms with Gasteiger partial charge in [-0.15, -0.1) is 0 Å². The van der Waals surface area contributed by atoms with Crippen molar-refractivity contribution in [2.75, 3.05) is 13.7 Å². The third kappa shape index (κ3) is 4.43. The fourth-order valence-corrected chi connectivity index (χ4v) is 2.86. The molecule has 1 unspecified atom stereocenters. The van der Waals surface area contributed by atoms with Crippen molar-refractivity contribution in [3.05, 3.63) is 66.4 Å². The summed E-state index contributed by atoms with van der Waals surface area (Å²) in [5.74, 6) is 0.508. The van der Waals surface area contributed by atoms with Gasteiger partial charge in [0.1, 0.15) is 25.0 Å². The largest absolute Gasteiger partial charge is 0.488 e. The molecule has 3 rings (SSSR count). The number of hydrogen-bond acceptors (Lipinski definition) is 4. The van der Waals surface area contributed by atoms with Crippen LogP contribution in [0.15, 0.2) is 60.8 Å². The van der Waals surface area contributed by atoms with Gasteiger partial charge < -0.3 is 18.8 Å². The second-order valence-corrected chi connectivity index (χ2v) is 6.16. The molecule has 0 bridgehead atoms.